The summed E-state index contributed by atoms with van der Waals surface area (Å²) in [5, 5.41) is 54.0. The number of aromatic nitrogens is 1. The van der Waals surface area contributed by atoms with Crippen LogP contribution in [0, 0.1) is 11.3 Å². The zero-order valence-corrected chi connectivity index (χ0v) is 37.6. The summed E-state index contributed by atoms with van der Waals surface area (Å²) in [7, 11) is 1.05. The molecule has 6 heterocycles. The largest absolute Gasteiger partial charge is 0.496 e. The van der Waals surface area contributed by atoms with Crippen LogP contribution in [0.4, 0.5) is 5.69 Å². The minimum absolute atomic E-state index is 0.172. The number of carboxylic acid groups (broad SMARTS) is 1. The van der Waals surface area contributed by atoms with Gasteiger partial charge in [0.05, 0.1) is 18.8 Å². The molecule has 0 unspecified atom stereocenters. The number of aliphatic hydroxyl groups is 3. The average molecular weight is 856 g/mol. The lowest BCUT2D eigenvalue weighted by Gasteiger charge is -2.63. The number of aromatic amines is 1. The number of methoxy groups -OCH3 is 1. The second-order valence-corrected chi connectivity index (χ2v) is 24.2. The number of nitrogens with zero attached hydrogens (tertiary/aromatic N) is 3. The van der Waals surface area contributed by atoms with Crippen molar-refractivity contribution in [1.82, 2.24) is 20.1 Å². The van der Waals surface area contributed by atoms with Gasteiger partial charge in [0.25, 0.3) is 5.91 Å². The van der Waals surface area contributed by atoms with E-state index < -0.39 is 59.8 Å². The number of piperidine rings is 1. The lowest BCUT2D eigenvalue weighted by Crippen LogP contribution is -2.81. The Morgan fingerprint density at radius 2 is 1.82 bits per heavy atom. The first-order valence-corrected chi connectivity index (χ1v) is 25.7. The van der Waals surface area contributed by atoms with E-state index in [9.17, 15) is 34.8 Å². The molecule has 61 heavy (non-hydrogen) atoms. The maximum Gasteiger partial charge on any atom is 0.320 e. The monoisotopic (exact) mass is 855 g/mol. The molecule has 0 radical (unpaired) electrons. The van der Waals surface area contributed by atoms with Crippen LogP contribution in [0.15, 0.2) is 48.6 Å². The SMILES string of the molecule is CC[C@]1(O)C[C@@H]2C[N@@](CCc3c([nH]c4ccccc34)[C@@](C(=O)O)(c3cc4c(cc3OC)N(C)[C@H]3[C@@](O)(C(=O)NCCC[Si](C)(C)O)[C@H](O)[C@]5(CC)C=CCN6CC[C@]43[C@@H]65)C2)C1. The molecule has 3 fully saturated rings. The first-order valence-electron chi connectivity index (χ1n) is 22.5. The molecule has 5 aliphatic heterocycles. The Morgan fingerprint density at radius 1 is 1.05 bits per heavy atom. The average Bonchev–Trinajstić information content (AvgIpc) is 3.89. The van der Waals surface area contributed by atoms with Crippen molar-refractivity contribution in [1.29, 1.82) is 0 Å². The van der Waals surface area contributed by atoms with Crippen LogP contribution in [0.3, 0.4) is 0 Å². The van der Waals surface area contributed by atoms with Crippen molar-refractivity contribution in [3.05, 3.63) is 70.9 Å². The van der Waals surface area contributed by atoms with Crippen molar-refractivity contribution >= 4 is 36.8 Å². The molecule has 1 aromatic heterocycles. The van der Waals surface area contributed by atoms with Crippen LogP contribution in [-0.4, -0.2) is 143 Å². The fourth-order valence-corrected chi connectivity index (χ4v) is 14.8. The van der Waals surface area contributed by atoms with Crippen LogP contribution in [0.25, 0.3) is 10.9 Å². The number of aliphatic carboxylic acids is 1. The van der Waals surface area contributed by atoms with Crippen molar-refractivity contribution in [2.24, 2.45) is 11.3 Å². The van der Waals surface area contributed by atoms with Crippen LogP contribution >= 0.6 is 0 Å². The molecule has 1 amide bonds. The van der Waals surface area contributed by atoms with Crippen molar-refractivity contribution in [2.45, 2.75) is 118 Å². The Kier molecular flexibility index (Phi) is 10.2. The molecule has 14 heteroatoms. The first-order chi connectivity index (χ1) is 28.9. The van der Waals surface area contributed by atoms with E-state index >= 15 is 0 Å². The maximum absolute atomic E-state index is 14.8. The third-order valence-corrected chi connectivity index (χ3v) is 17.9. The zero-order valence-electron chi connectivity index (χ0n) is 36.6. The number of fused-ring (bicyclic) bond motifs is 6. The second-order valence-electron chi connectivity index (χ2n) is 20.1. The van der Waals surface area contributed by atoms with Gasteiger partial charge >= 0.3 is 5.97 Å². The number of anilines is 1. The fourth-order valence-electron chi connectivity index (χ4n) is 13.7. The molecule has 6 aliphatic rings. The number of likely N-dealkylation sites (N-methyl/N-ethyl adjacent to an activating group) is 1. The number of carboxylic acids is 1. The molecule has 1 aliphatic carbocycles. The molecule has 13 nitrogen and oxygen atoms in total. The smallest absolute Gasteiger partial charge is 0.320 e. The standard InChI is InChI=1S/C47H65N5O8Si/c1-7-43(57)25-29-26-46(42(55)56,37-31(15-20-51(27-29)28-43)30-13-9-10-14-34(30)49-37)33-23-32-35(24-36(33)60-4)50(3)39-45(32)17-21-52-19-11-16-44(8-2,38(45)52)40(53)47(39,58)41(54)48-18-12-22-61(5,6)59/h9-11,13-14,16,23-24,29,38-40,49,53,57-59H,7-8,12,15,17-22,25-28H2,1-6H3,(H,48,54)(H,55,56)/t29-,38-,39+,40+,43-,44+,45+,46-,47-/m0/s1. The van der Waals surface area contributed by atoms with Crippen LogP contribution in [0.1, 0.15) is 74.8 Å². The van der Waals surface area contributed by atoms with E-state index in [0.717, 1.165) is 27.7 Å². The van der Waals surface area contributed by atoms with E-state index in [1.54, 1.807) is 7.11 Å². The normalized spacial score (nSPS) is 36.6. The molecule has 3 aromatic rings. The van der Waals surface area contributed by atoms with Gasteiger partial charge in [0, 0.05) is 90.6 Å². The number of carbonyl (C=O) groups excluding carboxylic acids is 1. The molecule has 2 bridgehead atoms. The lowest BCUT2D eigenvalue weighted by atomic mass is 9.47. The molecule has 1 spiro atoms. The predicted molar refractivity (Wildman–Crippen MR) is 237 cm³/mol. The number of nitrogens with one attached hydrogen (secondary N) is 2. The molecule has 2 saturated heterocycles. The van der Waals surface area contributed by atoms with Crippen molar-refractivity contribution in [3.8, 4) is 5.75 Å². The Bertz CT molecular complexity index is 2280. The van der Waals surface area contributed by atoms with E-state index in [4.69, 9.17) is 4.74 Å². The summed E-state index contributed by atoms with van der Waals surface area (Å²) in [5.41, 5.74) is -2.32. The van der Waals surface area contributed by atoms with Gasteiger partial charge in [-0.3, -0.25) is 19.4 Å². The number of H-pyrrole nitrogens is 1. The quantitative estimate of drug-likeness (QED) is 0.0894. The number of aliphatic hydroxyl groups excluding tert-OH is 1. The topological polar surface area (TPSA) is 182 Å². The maximum atomic E-state index is 14.8. The third-order valence-electron chi connectivity index (χ3n) is 16.3. The van der Waals surface area contributed by atoms with Gasteiger partial charge in [-0.05, 0) is 99.8 Å². The van der Waals surface area contributed by atoms with Crippen LogP contribution in [0.2, 0.25) is 19.1 Å². The number of carbonyl (C=O) groups is 2. The molecular weight excluding hydrogens is 791 g/mol. The summed E-state index contributed by atoms with van der Waals surface area (Å²) in [5.74, 6) is -1.45. The van der Waals surface area contributed by atoms with Crippen molar-refractivity contribution < 1.29 is 39.5 Å². The highest BCUT2D eigenvalue weighted by Gasteiger charge is 2.78. The van der Waals surface area contributed by atoms with E-state index in [-0.39, 0.29) is 24.9 Å². The summed E-state index contributed by atoms with van der Waals surface area (Å²) >= 11 is 0. The van der Waals surface area contributed by atoms with Gasteiger partial charge in [-0.2, -0.15) is 0 Å². The molecular formula is C47H65N5O8Si. The molecule has 1 saturated carbocycles. The van der Waals surface area contributed by atoms with Crippen molar-refractivity contribution in [3.63, 3.8) is 0 Å². The lowest BCUT2D eigenvalue weighted by molar-refractivity contribution is -0.203. The Labute approximate surface area is 359 Å². The zero-order chi connectivity index (χ0) is 43.5. The number of hydrogen-bond acceptors (Lipinski definition) is 10. The Hall–Kier alpha value is -3.76. The molecule has 7 N–H and O–H groups in total. The number of benzene rings is 2. The molecule has 2 aromatic carbocycles. The summed E-state index contributed by atoms with van der Waals surface area (Å²) in [6.45, 7) is 11.1. The van der Waals surface area contributed by atoms with Crippen LogP contribution in [0.5, 0.6) is 5.75 Å². The van der Waals surface area contributed by atoms with Crippen LogP contribution < -0.4 is 15.0 Å². The van der Waals surface area contributed by atoms with E-state index in [1.807, 2.05) is 81.4 Å². The molecule has 10 atom stereocenters. The number of ether oxygens (including phenoxy) is 1. The minimum Gasteiger partial charge on any atom is -0.496 e. The van der Waals surface area contributed by atoms with Gasteiger partial charge in [0.2, 0.25) is 0 Å². The number of hydrogen-bond donors (Lipinski definition) is 7. The van der Waals surface area contributed by atoms with E-state index in [0.29, 0.717) is 94.3 Å². The summed E-state index contributed by atoms with van der Waals surface area (Å²) < 4.78 is 6.30. The number of para-hydroxylation sites is 1. The van der Waals surface area contributed by atoms with Gasteiger partial charge < -0.3 is 45.2 Å². The summed E-state index contributed by atoms with van der Waals surface area (Å²) in [4.78, 5) is 50.4. The highest BCUT2D eigenvalue weighted by molar-refractivity contribution is 6.69. The van der Waals surface area contributed by atoms with Gasteiger partial charge in [-0.1, -0.05) is 44.2 Å². The van der Waals surface area contributed by atoms with Gasteiger partial charge in [0.1, 0.15) is 17.3 Å². The molecule has 9 rings (SSSR count). The van der Waals surface area contributed by atoms with Gasteiger partial charge in [0.15, 0.2) is 13.9 Å². The third kappa shape index (κ3) is 5.99. The molecule has 330 valence electrons. The Balaban J connectivity index is 1.28. The van der Waals surface area contributed by atoms with E-state index in [2.05, 4.69) is 26.2 Å². The van der Waals surface area contributed by atoms with E-state index in [1.165, 1.54) is 0 Å². The highest BCUT2D eigenvalue weighted by Crippen LogP contribution is 2.67. The number of rotatable bonds is 10. The second kappa shape index (κ2) is 14.6. The highest BCUT2D eigenvalue weighted by atomic mass is 28.4. The Morgan fingerprint density at radius 3 is 2.52 bits per heavy atom. The summed E-state index contributed by atoms with van der Waals surface area (Å²) in [6, 6.07) is 11.3. The predicted octanol–water partition coefficient (Wildman–Crippen LogP) is 3.86. The van der Waals surface area contributed by atoms with Crippen LogP contribution in [-0.2, 0) is 26.8 Å². The van der Waals surface area contributed by atoms with Crippen molar-refractivity contribution in [2.75, 3.05) is 58.3 Å². The fraction of sp³-hybridized carbons (Fsp3) is 0.617. The minimum atomic E-state index is -2.39. The first kappa shape index (κ1) is 42.5. The number of amides is 1. The summed E-state index contributed by atoms with van der Waals surface area (Å²) in [6.07, 6.45) is 5.99. The van der Waals surface area contributed by atoms with Gasteiger partial charge in [-0.25, -0.2) is 0 Å². The van der Waals surface area contributed by atoms with Gasteiger partial charge in [-0.15, -0.1) is 0 Å².